The topological polar surface area (TPSA) is 70.2 Å². The quantitative estimate of drug-likeness (QED) is 0.464. The number of aromatic nitrogens is 2. The number of benzene rings is 1. The molecule has 1 heterocycles. The van der Waals surface area contributed by atoms with Crippen LogP contribution in [0.3, 0.4) is 0 Å². The number of hydrogen-bond donors (Lipinski definition) is 0. The van der Waals surface area contributed by atoms with E-state index >= 15 is 0 Å². The van der Waals surface area contributed by atoms with Crippen LogP contribution in [0.5, 0.6) is 0 Å². The molecule has 0 radical (unpaired) electrons. The predicted octanol–water partition coefficient (Wildman–Crippen LogP) is 4.30. The smallest absolute Gasteiger partial charge is 0.269 e. The lowest BCUT2D eigenvalue weighted by Crippen LogP contribution is -2.40. The number of rotatable bonds is 5. The van der Waals surface area contributed by atoms with Crippen molar-refractivity contribution in [1.82, 2.24) is 9.55 Å². The fourth-order valence-electron chi connectivity index (χ4n) is 1.87. The molecule has 0 N–H and O–H groups in total. The largest absolute Gasteiger partial charge is 0.409 e. The van der Waals surface area contributed by atoms with Crippen molar-refractivity contribution < 1.29 is 9.35 Å². The van der Waals surface area contributed by atoms with Gasteiger partial charge in [-0.3, -0.25) is 10.1 Å². The van der Waals surface area contributed by atoms with Crippen LogP contribution in [0.1, 0.15) is 26.6 Å². The van der Waals surface area contributed by atoms with E-state index in [-0.39, 0.29) is 10.7 Å². The van der Waals surface area contributed by atoms with E-state index in [0.717, 1.165) is 11.5 Å². The van der Waals surface area contributed by atoms with E-state index in [2.05, 4.69) is 38.8 Å². The molecule has 0 unspecified atom stereocenters. The molecule has 0 saturated carbocycles. The van der Waals surface area contributed by atoms with E-state index in [1.165, 1.54) is 12.1 Å². The number of nitro benzene ring substituents is 1. The van der Waals surface area contributed by atoms with Crippen molar-refractivity contribution in [3.63, 3.8) is 0 Å². The Morgan fingerprint density at radius 3 is 2.39 bits per heavy atom. The molecule has 6 nitrogen and oxygen atoms in total. The highest BCUT2D eigenvalue weighted by molar-refractivity contribution is 6.74. The number of nitrogens with zero attached hydrogens (tertiary/aromatic N) is 3. The zero-order valence-corrected chi connectivity index (χ0v) is 15.2. The van der Waals surface area contributed by atoms with Crippen LogP contribution >= 0.6 is 0 Å². The first-order chi connectivity index (χ1) is 10.6. The van der Waals surface area contributed by atoms with Gasteiger partial charge in [-0.1, -0.05) is 20.8 Å². The lowest BCUT2D eigenvalue weighted by atomic mass is 10.2. The van der Waals surface area contributed by atoms with E-state index in [9.17, 15) is 10.1 Å². The van der Waals surface area contributed by atoms with Crippen LogP contribution in [0.4, 0.5) is 5.69 Å². The maximum atomic E-state index is 10.7. The molecule has 0 bridgehead atoms. The van der Waals surface area contributed by atoms with Crippen LogP contribution < -0.4 is 0 Å². The van der Waals surface area contributed by atoms with Gasteiger partial charge in [0.15, 0.2) is 8.32 Å². The molecule has 1 aromatic heterocycles. The highest BCUT2D eigenvalue weighted by Crippen LogP contribution is 2.37. The van der Waals surface area contributed by atoms with Crippen LogP contribution in [0, 0.1) is 10.1 Å². The molecule has 0 spiro atoms. The van der Waals surface area contributed by atoms with Gasteiger partial charge >= 0.3 is 0 Å². The van der Waals surface area contributed by atoms with Crippen molar-refractivity contribution in [3.8, 4) is 5.69 Å². The Hall–Kier alpha value is -1.99. The summed E-state index contributed by atoms with van der Waals surface area (Å²) in [6.07, 6.45) is 3.55. The molecule has 1 aromatic carbocycles. The van der Waals surface area contributed by atoms with Crippen molar-refractivity contribution in [3.05, 3.63) is 52.6 Å². The number of hydrogen-bond acceptors (Lipinski definition) is 4. The third-order valence-electron chi connectivity index (χ3n) is 4.42. The molecule has 2 aromatic rings. The van der Waals surface area contributed by atoms with Gasteiger partial charge in [-0.05, 0) is 30.3 Å². The number of imidazole rings is 1. The second-order valence-electron chi connectivity index (χ2n) is 7.04. The summed E-state index contributed by atoms with van der Waals surface area (Å²) >= 11 is 0. The monoisotopic (exact) mass is 333 g/mol. The van der Waals surface area contributed by atoms with E-state index in [1.54, 1.807) is 18.3 Å². The second kappa shape index (κ2) is 6.25. The minimum atomic E-state index is -1.85. The molecule has 0 amide bonds. The average Bonchev–Trinajstić information content (AvgIpc) is 2.92. The molecular weight excluding hydrogens is 310 g/mol. The maximum absolute atomic E-state index is 10.7. The highest BCUT2D eigenvalue weighted by Gasteiger charge is 2.37. The fraction of sp³-hybridized carbons (Fsp3) is 0.438. The number of nitro groups is 1. The zero-order valence-electron chi connectivity index (χ0n) is 14.2. The fourth-order valence-corrected chi connectivity index (χ4v) is 2.80. The van der Waals surface area contributed by atoms with Gasteiger partial charge in [0.05, 0.1) is 11.5 Å². The molecule has 2 rings (SSSR count). The molecule has 0 saturated heterocycles. The van der Waals surface area contributed by atoms with Crippen LogP contribution in [-0.2, 0) is 11.0 Å². The first kappa shape index (κ1) is 17.4. The number of non-ortho nitro benzene ring substituents is 1. The Bertz CT molecular complexity index is 687. The molecule has 0 atom stereocenters. The standard InChI is InChI=1S/C16H23N3O3Si/c1-16(2,3)23(4,5)22-12-15-17-10-11-18(15)13-6-8-14(9-7-13)19(20)21/h6-11H,12H2,1-5H3. The first-order valence-corrected chi connectivity index (χ1v) is 10.4. The molecule has 23 heavy (non-hydrogen) atoms. The minimum absolute atomic E-state index is 0.0768. The Morgan fingerprint density at radius 1 is 1.26 bits per heavy atom. The summed E-state index contributed by atoms with van der Waals surface area (Å²) in [5, 5.41) is 10.9. The van der Waals surface area contributed by atoms with Gasteiger partial charge in [0.1, 0.15) is 5.82 Å². The highest BCUT2D eigenvalue weighted by atomic mass is 28.4. The van der Waals surface area contributed by atoms with Gasteiger partial charge in [0.2, 0.25) is 0 Å². The SMILES string of the molecule is CC(C)(C)[Si](C)(C)OCc1nccn1-c1ccc([N+](=O)[O-])cc1. The van der Waals surface area contributed by atoms with Crippen LogP contribution in [-0.4, -0.2) is 22.8 Å². The van der Waals surface area contributed by atoms with Gasteiger partial charge < -0.3 is 8.99 Å². The third-order valence-corrected chi connectivity index (χ3v) is 8.90. The Labute approximate surface area is 137 Å². The minimum Gasteiger partial charge on any atom is -0.409 e. The third kappa shape index (κ3) is 3.86. The van der Waals surface area contributed by atoms with Gasteiger partial charge in [0.25, 0.3) is 5.69 Å². The summed E-state index contributed by atoms with van der Waals surface area (Å²) in [6.45, 7) is 11.4. The first-order valence-electron chi connectivity index (χ1n) is 7.53. The van der Waals surface area contributed by atoms with Gasteiger partial charge in [0, 0.05) is 30.2 Å². The second-order valence-corrected chi connectivity index (χ2v) is 11.8. The molecule has 124 valence electrons. The van der Waals surface area contributed by atoms with E-state index in [0.29, 0.717) is 6.61 Å². The molecule has 7 heteroatoms. The summed E-state index contributed by atoms with van der Waals surface area (Å²) in [5.41, 5.74) is 0.912. The Balaban J connectivity index is 2.18. The zero-order chi connectivity index (χ0) is 17.3. The molecule has 0 aliphatic heterocycles. The van der Waals surface area contributed by atoms with Crippen LogP contribution in [0.15, 0.2) is 36.7 Å². The molecule has 0 aliphatic carbocycles. The summed E-state index contributed by atoms with van der Waals surface area (Å²) in [4.78, 5) is 14.7. The summed E-state index contributed by atoms with van der Waals surface area (Å²) < 4.78 is 8.11. The Morgan fingerprint density at radius 2 is 1.87 bits per heavy atom. The average molecular weight is 333 g/mol. The van der Waals surface area contributed by atoms with Crippen molar-refractivity contribution in [2.45, 2.75) is 45.5 Å². The van der Waals surface area contributed by atoms with Crippen molar-refractivity contribution in [2.24, 2.45) is 0 Å². The normalized spacial score (nSPS) is 12.4. The Kier molecular flexibility index (Phi) is 4.72. The molecule has 0 aliphatic rings. The predicted molar refractivity (Wildman–Crippen MR) is 92.2 cm³/mol. The van der Waals surface area contributed by atoms with E-state index < -0.39 is 13.2 Å². The summed E-state index contributed by atoms with van der Waals surface area (Å²) in [6, 6.07) is 6.42. The summed E-state index contributed by atoms with van der Waals surface area (Å²) in [7, 11) is -1.85. The van der Waals surface area contributed by atoms with Crippen LogP contribution in [0.2, 0.25) is 18.1 Å². The maximum Gasteiger partial charge on any atom is 0.269 e. The van der Waals surface area contributed by atoms with Gasteiger partial charge in [-0.25, -0.2) is 4.98 Å². The van der Waals surface area contributed by atoms with Crippen LogP contribution in [0.25, 0.3) is 5.69 Å². The molecule has 0 fully saturated rings. The van der Waals surface area contributed by atoms with Crippen molar-refractivity contribution in [1.29, 1.82) is 0 Å². The van der Waals surface area contributed by atoms with Crippen molar-refractivity contribution in [2.75, 3.05) is 0 Å². The molecular formula is C16H23N3O3Si. The van der Waals surface area contributed by atoms with Gasteiger partial charge in [-0.15, -0.1) is 0 Å². The van der Waals surface area contributed by atoms with Gasteiger partial charge in [-0.2, -0.15) is 0 Å². The van der Waals surface area contributed by atoms with E-state index in [4.69, 9.17) is 4.43 Å². The van der Waals surface area contributed by atoms with E-state index in [1.807, 2.05) is 10.8 Å². The summed E-state index contributed by atoms with van der Waals surface area (Å²) in [5.74, 6) is 0.795. The van der Waals surface area contributed by atoms with Crippen molar-refractivity contribution >= 4 is 14.0 Å². The lowest BCUT2D eigenvalue weighted by Gasteiger charge is -2.36. The lowest BCUT2D eigenvalue weighted by molar-refractivity contribution is -0.384.